The van der Waals surface area contributed by atoms with Gasteiger partial charge in [-0.25, -0.2) is 5.43 Å². The van der Waals surface area contributed by atoms with Gasteiger partial charge in [-0.3, -0.25) is 4.98 Å². The second kappa shape index (κ2) is 4.15. The highest BCUT2D eigenvalue weighted by Crippen LogP contribution is 2.69. The van der Waals surface area contributed by atoms with E-state index < -0.39 is 0 Å². The molecule has 3 nitrogen and oxygen atoms in total. The average molecular weight is 305 g/mol. The highest BCUT2D eigenvalue weighted by Gasteiger charge is 2.66. The number of pyridine rings is 1. The van der Waals surface area contributed by atoms with Crippen LogP contribution in [0.4, 0.5) is 0 Å². The SMILES string of the molecule is CC1(C)C2CCC1(C)C1NNC(c3nccc4ccccc34)=C21. The molecule has 0 saturated heterocycles. The van der Waals surface area contributed by atoms with E-state index >= 15 is 0 Å². The van der Waals surface area contributed by atoms with Crippen molar-refractivity contribution in [3.63, 3.8) is 0 Å². The quantitative estimate of drug-likeness (QED) is 0.839. The second-order valence-corrected chi connectivity index (χ2v) is 8.14. The molecule has 3 atom stereocenters. The van der Waals surface area contributed by atoms with E-state index in [-0.39, 0.29) is 0 Å². The van der Waals surface area contributed by atoms with Gasteiger partial charge in [0.2, 0.25) is 0 Å². The van der Waals surface area contributed by atoms with Crippen LogP contribution in [0, 0.1) is 16.7 Å². The normalized spacial score (nSPS) is 34.0. The summed E-state index contributed by atoms with van der Waals surface area (Å²) in [5.41, 5.74) is 11.7. The number of hydrogen-bond donors (Lipinski definition) is 2. The molecule has 2 heterocycles. The van der Waals surface area contributed by atoms with Gasteiger partial charge < -0.3 is 5.43 Å². The van der Waals surface area contributed by atoms with Crippen LogP contribution in [-0.4, -0.2) is 11.0 Å². The molecule has 3 aliphatic rings. The summed E-state index contributed by atoms with van der Waals surface area (Å²) in [5.74, 6) is 0.649. The van der Waals surface area contributed by atoms with E-state index in [2.05, 4.69) is 62.0 Å². The zero-order valence-corrected chi connectivity index (χ0v) is 14.0. The van der Waals surface area contributed by atoms with Crippen LogP contribution >= 0.6 is 0 Å². The first-order valence-electron chi connectivity index (χ1n) is 8.64. The highest BCUT2D eigenvalue weighted by molar-refractivity contribution is 5.93. The lowest BCUT2D eigenvalue weighted by Crippen LogP contribution is -2.46. The summed E-state index contributed by atoms with van der Waals surface area (Å²) in [7, 11) is 0. The molecular weight excluding hydrogens is 282 g/mol. The van der Waals surface area contributed by atoms with Crippen LogP contribution in [0.5, 0.6) is 0 Å². The second-order valence-electron chi connectivity index (χ2n) is 8.14. The largest absolute Gasteiger partial charge is 0.319 e. The summed E-state index contributed by atoms with van der Waals surface area (Å²) in [5, 5.41) is 2.49. The molecule has 0 radical (unpaired) electrons. The van der Waals surface area contributed by atoms with Crippen molar-refractivity contribution in [3.05, 3.63) is 47.8 Å². The first-order chi connectivity index (χ1) is 11.0. The smallest absolute Gasteiger partial charge is 0.0952 e. The summed E-state index contributed by atoms with van der Waals surface area (Å²) < 4.78 is 0. The Hall–Kier alpha value is -1.87. The molecule has 2 aliphatic carbocycles. The van der Waals surface area contributed by atoms with Crippen molar-refractivity contribution in [2.75, 3.05) is 0 Å². The fourth-order valence-corrected chi connectivity index (χ4v) is 5.42. The number of rotatable bonds is 1. The maximum Gasteiger partial charge on any atom is 0.0952 e. The van der Waals surface area contributed by atoms with Crippen molar-refractivity contribution in [1.29, 1.82) is 0 Å². The molecule has 3 unspecified atom stereocenters. The third kappa shape index (κ3) is 1.47. The van der Waals surface area contributed by atoms with E-state index in [1.807, 2.05) is 6.20 Å². The van der Waals surface area contributed by atoms with Crippen LogP contribution in [-0.2, 0) is 0 Å². The fourth-order valence-electron chi connectivity index (χ4n) is 5.42. The van der Waals surface area contributed by atoms with Gasteiger partial charge in [0.25, 0.3) is 0 Å². The molecule has 118 valence electrons. The molecule has 2 N–H and O–H groups in total. The highest BCUT2D eigenvalue weighted by atomic mass is 15.4. The van der Waals surface area contributed by atoms with Crippen molar-refractivity contribution in [1.82, 2.24) is 15.8 Å². The van der Waals surface area contributed by atoms with Crippen LogP contribution in [0.2, 0.25) is 0 Å². The maximum absolute atomic E-state index is 4.74. The van der Waals surface area contributed by atoms with Crippen molar-refractivity contribution in [3.8, 4) is 0 Å². The molecule has 3 heteroatoms. The maximum atomic E-state index is 4.74. The molecule has 2 bridgehead atoms. The predicted molar refractivity (Wildman–Crippen MR) is 93.3 cm³/mol. The van der Waals surface area contributed by atoms with E-state index in [1.54, 1.807) is 5.57 Å². The molecule has 0 amide bonds. The first kappa shape index (κ1) is 13.6. The summed E-state index contributed by atoms with van der Waals surface area (Å²) >= 11 is 0. The molecule has 5 rings (SSSR count). The molecule has 1 aromatic heterocycles. The van der Waals surface area contributed by atoms with E-state index in [9.17, 15) is 0 Å². The number of nitrogens with zero attached hydrogens (tertiary/aromatic N) is 1. The van der Waals surface area contributed by atoms with Crippen molar-refractivity contribution < 1.29 is 0 Å². The predicted octanol–water partition coefficient (Wildman–Crippen LogP) is 3.88. The van der Waals surface area contributed by atoms with Crippen LogP contribution in [0.3, 0.4) is 0 Å². The third-order valence-corrected chi connectivity index (χ3v) is 7.16. The summed E-state index contributed by atoms with van der Waals surface area (Å²) in [6.45, 7) is 7.36. The van der Waals surface area contributed by atoms with Gasteiger partial charge >= 0.3 is 0 Å². The molecule has 23 heavy (non-hydrogen) atoms. The molecule has 0 spiro atoms. The minimum Gasteiger partial charge on any atom is -0.319 e. The monoisotopic (exact) mass is 305 g/mol. The first-order valence-corrected chi connectivity index (χ1v) is 8.64. The van der Waals surface area contributed by atoms with Crippen LogP contribution in [0.15, 0.2) is 42.1 Å². The zero-order valence-electron chi connectivity index (χ0n) is 14.0. The fraction of sp³-hybridized carbons (Fsp3) is 0.450. The Kier molecular flexibility index (Phi) is 2.45. The molecule has 1 aliphatic heterocycles. The average Bonchev–Trinajstić information content (AvgIpc) is 3.13. The topological polar surface area (TPSA) is 37.0 Å². The van der Waals surface area contributed by atoms with Crippen molar-refractivity contribution >= 4 is 16.5 Å². The van der Waals surface area contributed by atoms with Gasteiger partial charge in [0.15, 0.2) is 0 Å². The Morgan fingerprint density at radius 2 is 1.96 bits per heavy atom. The van der Waals surface area contributed by atoms with Gasteiger partial charge in [0.05, 0.1) is 17.4 Å². The molecule has 2 fully saturated rings. The number of nitrogens with one attached hydrogen (secondary N) is 2. The lowest BCUT2D eigenvalue weighted by molar-refractivity contribution is 0.120. The van der Waals surface area contributed by atoms with E-state index in [0.29, 0.717) is 22.8 Å². The van der Waals surface area contributed by atoms with E-state index in [4.69, 9.17) is 4.98 Å². The standard InChI is InChI=1S/C20H23N3/c1-19(2)14-8-10-20(19,3)18-15(14)17(22-23-18)16-13-7-5-4-6-12(13)9-11-21-16/h4-7,9,11,14,18,22-23H,8,10H2,1-3H3. The number of hydrogen-bond acceptors (Lipinski definition) is 3. The number of aromatic nitrogens is 1. The lowest BCUT2D eigenvalue weighted by Gasteiger charge is -2.38. The Labute approximate surface area is 137 Å². The van der Waals surface area contributed by atoms with E-state index in [0.717, 1.165) is 5.69 Å². The lowest BCUT2D eigenvalue weighted by atomic mass is 9.69. The Morgan fingerprint density at radius 1 is 1.13 bits per heavy atom. The Morgan fingerprint density at radius 3 is 2.83 bits per heavy atom. The molecule has 2 aromatic rings. The summed E-state index contributed by atoms with van der Waals surface area (Å²) in [4.78, 5) is 4.74. The summed E-state index contributed by atoms with van der Waals surface area (Å²) in [6.07, 6.45) is 4.54. The van der Waals surface area contributed by atoms with Gasteiger partial charge in [0, 0.05) is 11.6 Å². The van der Waals surface area contributed by atoms with Gasteiger partial charge in [-0.1, -0.05) is 45.0 Å². The van der Waals surface area contributed by atoms with Gasteiger partial charge in [-0.2, -0.15) is 0 Å². The van der Waals surface area contributed by atoms with Crippen LogP contribution < -0.4 is 10.9 Å². The van der Waals surface area contributed by atoms with E-state index in [1.165, 1.54) is 29.3 Å². The third-order valence-electron chi connectivity index (χ3n) is 7.16. The summed E-state index contributed by atoms with van der Waals surface area (Å²) in [6, 6.07) is 11.1. The van der Waals surface area contributed by atoms with Gasteiger partial charge in [-0.15, -0.1) is 0 Å². The van der Waals surface area contributed by atoms with Crippen LogP contribution in [0.1, 0.15) is 39.3 Å². The minimum atomic E-state index is 0.326. The van der Waals surface area contributed by atoms with Crippen molar-refractivity contribution in [2.45, 2.75) is 39.7 Å². The Balaban J connectivity index is 1.76. The number of hydrazine groups is 1. The molecule has 2 saturated carbocycles. The molecular formula is C20H23N3. The number of fused-ring (bicyclic) bond motifs is 6. The van der Waals surface area contributed by atoms with Crippen molar-refractivity contribution in [2.24, 2.45) is 16.7 Å². The van der Waals surface area contributed by atoms with Gasteiger partial charge in [0.1, 0.15) is 0 Å². The molecule has 1 aromatic carbocycles. The zero-order chi connectivity index (χ0) is 15.8. The van der Waals surface area contributed by atoms with Gasteiger partial charge in [-0.05, 0) is 46.6 Å². The Bertz CT molecular complexity index is 846. The minimum absolute atomic E-state index is 0.326. The van der Waals surface area contributed by atoms with Crippen LogP contribution in [0.25, 0.3) is 16.5 Å². The number of benzene rings is 1.